The summed E-state index contributed by atoms with van der Waals surface area (Å²) in [7, 11) is -3.64. The molecule has 14 heteroatoms. The van der Waals surface area contributed by atoms with Gasteiger partial charge in [-0.25, -0.2) is 50.2 Å². The molecule has 1 atom stereocenters. The zero-order valence-corrected chi connectivity index (χ0v) is 18.8. The number of rotatable bonds is 6. The van der Waals surface area contributed by atoms with Crippen molar-refractivity contribution in [3.8, 4) is 11.4 Å². The van der Waals surface area contributed by atoms with Gasteiger partial charge in [0, 0.05) is 25.7 Å². The van der Waals surface area contributed by atoms with E-state index in [0.29, 0.717) is 35.7 Å². The standard InChI is InChI=1S/C20H21F4N7O2S/c1-34(32,33)28-7-12-9-30(10-19(4-5-19)20(12,23)24)17-6-14(26-11-27-17)15-8-25-16-3-2-13(18(21)22)29-31(15)16/h2-3,6,8,11-12,18,28H,4-5,7,9-10H2,1H3. The Balaban J connectivity index is 1.47. The fourth-order valence-electron chi connectivity index (χ4n) is 4.45. The largest absolute Gasteiger partial charge is 0.355 e. The molecule has 1 unspecified atom stereocenters. The van der Waals surface area contributed by atoms with Gasteiger partial charge in [0.25, 0.3) is 12.3 Å². The average molecular weight is 499 g/mol. The summed E-state index contributed by atoms with van der Waals surface area (Å²) in [5.41, 5.74) is -0.626. The van der Waals surface area contributed by atoms with Gasteiger partial charge in [-0.05, 0) is 25.0 Å². The van der Waals surface area contributed by atoms with Gasteiger partial charge in [0.05, 0.1) is 29.5 Å². The van der Waals surface area contributed by atoms with Gasteiger partial charge in [-0.1, -0.05) is 0 Å². The minimum Gasteiger partial charge on any atom is -0.355 e. The Hall–Kier alpha value is -2.87. The Morgan fingerprint density at radius 1 is 1.21 bits per heavy atom. The number of hydrogen-bond acceptors (Lipinski definition) is 7. The number of halogens is 4. The minimum atomic E-state index is -3.64. The SMILES string of the molecule is CS(=O)(=O)NCC1CN(c2cc(-c3cnc4ccc(C(F)F)nn34)ncn2)CC2(CC2)C1(F)F. The molecule has 1 aliphatic carbocycles. The maximum atomic E-state index is 15.2. The number of alkyl halides is 4. The van der Waals surface area contributed by atoms with Crippen LogP contribution in [0.15, 0.2) is 30.7 Å². The monoisotopic (exact) mass is 499 g/mol. The van der Waals surface area contributed by atoms with E-state index in [9.17, 15) is 17.2 Å². The highest BCUT2D eigenvalue weighted by molar-refractivity contribution is 7.88. The molecule has 0 amide bonds. The van der Waals surface area contributed by atoms with Crippen LogP contribution in [0.2, 0.25) is 0 Å². The van der Waals surface area contributed by atoms with Crippen LogP contribution in [0.4, 0.5) is 23.4 Å². The summed E-state index contributed by atoms with van der Waals surface area (Å²) in [6.07, 6.45) is 1.53. The number of sulfonamides is 1. The van der Waals surface area contributed by atoms with Gasteiger partial charge in [0.1, 0.15) is 23.5 Å². The fourth-order valence-corrected chi connectivity index (χ4v) is 4.95. The molecule has 34 heavy (non-hydrogen) atoms. The topological polar surface area (TPSA) is 105 Å². The Morgan fingerprint density at radius 2 is 1.97 bits per heavy atom. The van der Waals surface area contributed by atoms with Crippen molar-refractivity contribution < 1.29 is 26.0 Å². The van der Waals surface area contributed by atoms with Gasteiger partial charge < -0.3 is 4.90 Å². The van der Waals surface area contributed by atoms with Crippen LogP contribution in [0.5, 0.6) is 0 Å². The van der Waals surface area contributed by atoms with Crippen LogP contribution < -0.4 is 9.62 Å². The van der Waals surface area contributed by atoms with E-state index < -0.39 is 45.9 Å². The molecule has 1 aliphatic heterocycles. The predicted molar refractivity (Wildman–Crippen MR) is 114 cm³/mol. The molecule has 3 aromatic heterocycles. The van der Waals surface area contributed by atoms with E-state index in [1.807, 2.05) is 0 Å². The summed E-state index contributed by atoms with van der Waals surface area (Å²) in [5, 5.41) is 3.93. The van der Waals surface area contributed by atoms with Crippen molar-refractivity contribution in [1.82, 2.24) is 29.3 Å². The number of aromatic nitrogens is 5. The second-order valence-electron chi connectivity index (χ2n) is 8.84. The number of imidazole rings is 1. The molecule has 4 heterocycles. The molecule has 0 radical (unpaired) electrons. The molecular formula is C20H21F4N7O2S. The van der Waals surface area contributed by atoms with Crippen molar-refractivity contribution in [2.45, 2.75) is 25.2 Å². The Bertz CT molecular complexity index is 1340. The molecule has 5 rings (SSSR count). The van der Waals surface area contributed by atoms with Crippen LogP contribution >= 0.6 is 0 Å². The summed E-state index contributed by atoms with van der Waals surface area (Å²) in [5.74, 6) is -3.91. The lowest BCUT2D eigenvalue weighted by Crippen LogP contribution is -2.58. The third kappa shape index (κ3) is 3.98. The molecular weight excluding hydrogens is 478 g/mol. The van der Waals surface area contributed by atoms with Gasteiger partial charge in [-0.3, -0.25) is 0 Å². The number of nitrogens with one attached hydrogen (secondary N) is 1. The molecule has 9 nitrogen and oxygen atoms in total. The van der Waals surface area contributed by atoms with E-state index in [1.54, 1.807) is 11.0 Å². The number of piperidine rings is 1. The Labute approximate surface area is 192 Å². The van der Waals surface area contributed by atoms with E-state index in [4.69, 9.17) is 0 Å². The van der Waals surface area contributed by atoms with E-state index in [-0.39, 0.29) is 13.1 Å². The summed E-state index contributed by atoms with van der Waals surface area (Å²) in [4.78, 5) is 14.3. The van der Waals surface area contributed by atoms with E-state index in [0.717, 1.165) is 6.26 Å². The molecule has 1 saturated heterocycles. The van der Waals surface area contributed by atoms with Crippen molar-refractivity contribution in [2.24, 2.45) is 11.3 Å². The molecule has 0 bridgehead atoms. The third-order valence-corrected chi connectivity index (χ3v) is 7.14. The molecule has 182 valence electrons. The first kappa shape index (κ1) is 22.9. The highest BCUT2D eigenvalue weighted by atomic mass is 32.2. The zero-order chi connectivity index (χ0) is 24.3. The van der Waals surface area contributed by atoms with E-state index in [1.165, 1.54) is 29.2 Å². The van der Waals surface area contributed by atoms with Crippen LogP contribution in [-0.4, -0.2) is 64.8 Å². The highest BCUT2D eigenvalue weighted by Crippen LogP contribution is 2.62. The lowest BCUT2D eigenvalue weighted by atomic mass is 9.82. The summed E-state index contributed by atoms with van der Waals surface area (Å²) >= 11 is 0. The Morgan fingerprint density at radius 3 is 2.65 bits per heavy atom. The Kier molecular flexibility index (Phi) is 5.28. The van der Waals surface area contributed by atoms with Gasteiger partial charge in [0.15, 0.2) is 5.65 Å². The van der Waals surface area contributed by atoms with Gasteiger partial charge in [-0.2, -0.15) is 5.10 Å². The maximum Gasteiger partial charge on any atom is 0.282 e. The summed E-state index contributed by atoms with van der Waals surface area (Å²) < 4.78 is 83.1. The lowest BCUT2D eigenvalue weighted by molar-refractivity contribution is -0.128. The highest BCUT2D eigenvalue weighted by Gasteiger charge is 2.68. The van der Waals surface area contributed by atoms with Crippen molar-refractivity contribution in [3.05, 3.63) is 36.4 Å². The van der Waals surface area contributed by atoms with E-state index in [2.05, 4.69) is 24.8 Å². The predicted octanol–water partition coefficient (Wildman–Crippen LogP) is 2.52. The molecule has 0 aromatic carbocycles. The van der Waals surface area contributed by atoms with Crippen LogP contribution in [0.3, 0.4) is 0 Å². The van der Waals surface area contributed by atoms with Gasteiger partial charge >= 0.3 is 0 Å². The minimum absolute atomic E-state index is 0.0623. The molecule has 1 saturated carbocycles. The second kappa shape index (κ2) is 7.83. The number of nitrogens with zero attached hydrogens (tertiary/aromatic N) is 6. The first-order chi connectivity index (χ1) is 16.0. The van der Waals surface area contributed by atoms with Crippen molar-refractivity contribution >= 4 is 21.5 Å². The van der Waals surface area contributed by atoms with Crippen molar-refractivity contribution in [3.63, 3.8) is 0 Å². The summed E-state index contributed by atoms with van der Waals surface area (Å²) in [6.45, 7) is -0.447. The van der Waals surface area contributed by atoms with Gasteiger partial charge in [0.2, 0.25) is 10.0 Å². The molecule has 1 spiro atoms. The quantitative estimate of drug-likeness (QED) is 0.520. The van der Waals surface area contributed by atoms with Crippen LogP contribution in [0.1, 0.15) is 25.0 Å². The second-order valence-corrected chi connectivity index (χ2v) is 10.7. The normalized spacial score (nSPS) is 21.5. The first-order valence-corrected chi connectivity index (χ1v) is 12.4. The molecule has 3 aromatic rings. The first-order valence-electron chi connectivity index (χ1n) is 10.5. The number of hydrogen-bond donors (Lipinski definition) is 1. The smallest absolute Gasteiger partial charge is 0.282 e. The molecule has 2 aliphatic rings. The number of fused-ring (bicyclic) bond motifs is 1. The molecule has 1 N–H and O–H groups in total. The van der Waals surface area contributed by atoms with Crippen LogP contribution in [-0.2, 0) is 10.0 Å². The van der Waals surface area contributed by atoms with Crippen molar-refractivity contribution in [2.75, 3.05) is 30.8 Å². The van der Waals surface area contributed by atoms with Crippen molar-refractivity contribution in [1.29, 1.82) is 0 Å². The summed E-state index contributed by atoms with van der Waals surface area (Å²) in [6, 6.07) is 4.18. The van der Waals surface area contributed by atoms with Gasteiger partial charge in [-0.15, -0.1) is 0 Å². The van der Waals surface area contributed by atoms with Crippen LogP contribution in [0.25, 0.3) is 17.0 Å². The number of anilines is 1. The van der Waals surface area contributed by atoms with E-state index >= 15 is 8.78 Å². The van der Waals surface area contributed by atoms with Crippen LogP contribution in [0, 0.1) is 11.3 Å². The molecule has 2 fully saturated rings. The zero-order valence-electron chi connectivity index (χ0n) is 18.0. The fraction of sp³-hybridized carbons (Fsp3) is 0.500. The lowest BCUT2D eigenvalue weighted by Gasteiger charge is -2.44. The maximum absolute atomic E-state index is 15.2. The average Bonchev–Trinajstić information content (AvgIpc) is 3.44. The third-order valence-electron chi connectivity index (χ3n) is 6.45.